The Morgan fingerprint density at radius 1 is 1.50 bits per heavy atom. The van der Waals surface area contributed by atoms with Crippen molar-refractivity contribution in [1.82, 2.24) is 5.32 Å². The maximum Gasteiger partial charge on any atom is 0.325 e. The number of nitrogens with one attached hydrogen (secondary N) is 1. The summed E-state index contributed by atoms with van der Waals surface area (Å²) in [5, 5.41) is 11.0. The molecule has 0 aromatic heterocycles. The zero-order chi connectivity index (χ0) is 11.1. The first-order chi connectivity index (χ1) is 6.52. The van der Waals surface area contributed by atoms with Crippen LogP contribution in [0.3, 0.4) is 0 Å². The maximum atomic E-state index is 11.4. The summed E-state index contributed by atoms with van der Waals surface area (Å²) >= 11 is 0. The van der Waals surface area contributed by atoms with E-state index >= 15 is 0 Å². The highest BCUT2D eigenvalue weighted by molar-refractivity contribution is 5.84. The van der Waals surface area contributed by atoms with Crippen molar-refractivity contribution >= 4 is 11.9 Å². The largest absolute Gasteiger partial charge is 0.480 e. The van der Waals surface area contributed by atoms with E-state index in [1.165, 1.54) is 6.92 Å². The van der Waals surface area contributed by atoms with Crippen molar-refractivity contribution in [1.29, 1.82) is 0 Å². The molecular weight excluding hydrogens is 184 g/mol. The van der Waals surface area contributed by atoms with E-state index in [0.29, 0.717) is 6.42 Å². The molecule has 82 valence electrons. The Kier molecular flexibility index (Phi) is 5.87. The lowest BCUT2D eigenvalue weighted by Crippen LogP contribution is -2.43. The van der Waals surface area contributed by atoms with Crippen LogP contribution in [0.1, 0.15) is 26.7 Å². The number of hydrogen-bond donors (Lipinski definition) is 3. The van der Waals surface area contributed by atoms with Gasteiger partial charge >= 0.3 is 5.97 Å². The molecule has 0 fully saturated rings. The Morgan fingerprint density at radius 2 is 2.07 bits per heavy atom. The smallest absolute Gasteiger partial charge is 0.325 e. The number of hydrogen-bond acceptors (Lipinski definition) is 3. The summed E-state index contributed by atoms with van der Waals surface area (Å²) in [6.45, 7) is 3.64. The molecule has 0 heterocycles. The number of carbonyl (C=O) groups is 2. The van der Waals surface area contributed by atoms with Gasteiger partial charge in [0, 0.05) is 6.54 Å². The molecule has 4 N–H and O–H groups in total. The van der Waals surface area contributed by atoms with Crippen LogP contribution in [0.4, 0.5) is 0 Å². The zero-order valence-electron chi connectivity index (χ0n) is 8.62. The molecule has 0 aliphatic rings. The molecular formula is C9H18N2O3. The van der Waals surface area contributed by atoms with Crippen LogP contribution in [-0.2, 0) is 9.59 Å². The quantitative estimate of drug-likeness (QED) is 0.563. The molecule has 5 heteroatoms. The summed E-state index contributed by atoms with van der Waals surface area (Å²) < 4.78 is 0. The van der Waals surface area contributed by atoms with Crippen LogP contribution >= 0.6 is 0 Å². The number of rotatable bonds is 6. The fraction of sp³-hybridized carbons (Fsp3) is 0.778. The lowest BCUT2D eigenvalue weighted by molar-refractivity contribution is -0.141. The third kappa shape index (κ3) is 4.23. The molecule has 0 bridgehead atoms. The van der Waals surface area contributed by atoms with Gasteiger partial charge in [-0.1, -0.05) is 13.3 Å². The highest BCUT2D eigenvalue weighted by atomic mass is 16.4. The van der Waals surface area contributed by atoms with Gasteiger partial charge in [-0.3, -0.25) is 9.59 Å². The number of amides is 1. The predicted molar refractivity (Wildman–Crippen MR) is 52.7 cm³/mol. The second kappa shape index (κ2) is 6.37. The van der Waals surface area contributed by atoms with E-state index in [9.17, 15) is 9.59 Å². The summed E-state index contributed by atoms with van der Waals surface area (Å²) in [6, 6.07) is -0.853. The second-order valence-corrected chi connectivity index (χ2v) is 3.29. The molecule has 0 rings (SSSR count). The van der Waals surface area contributed by atoms with Crippen LogP contribution in [0.25, 0.3) is 0 Å². The molecule has 0 saturated carbocycles. The molecule has 0 aliphatic heterocycles. The average molecular weight is 202 g/mol. The Labute approximate surface area is 83.7 Å². The van der Waals surface area contributed by atoms with E-state index in [-0.39, 0.29) is 18.4 Å². The molecule has 0 aromatic rings. The van der Waals surface area contributed by atoms with Gasteiger partial charge in [0.25, 0.3) is 0 Å². The van der Waals surface area contributed by atoms with Gasteiger partial charge in [-0.05, 0) is 13.3 Å². The van der Waals surface area contributed by atoms with Crippen LogP contribution in [0.5, 0.6) is 0 Å². The Hall–Kier alpha value is -1.10. The molecule has 14 heavy (non-hydrogen) atoms. The van der Waals surface area contributed by atoms with E-state index in [2.05, 4.69) is 5.32 Å². The monoisotopic (exact) mass is 202 g/mol. The SMILES string of the molecule is CCCC(CN)C(=O)N[C@H](C)C(=O)O. The molecule has 0 aliphatic carbocycles. The molecule has 1 amide bonds. The Bertz CT molecular complexity index is 206. The van der Waals surface area contributed by atoms with Crippen molar-refractivity contribution in [2.24, 2.45) is 11.7 Å². The summed E-state index contributed by atoms with van der Waals surface area (Å²) in [6.07, 6.45) is 1.55. The second-order valence-electron chi connectivity index (χ2n) is 3.29. The molecule has 0 saturated heterocycles. The number of carbonyl (C=O) groups excluding carboxylic acids is 1. The summed E-state index contributed by atoms with van der Waals surface area (Å²) in [4.78, 5) is 21.9. The first-order valence-corrected chi connectivity index (χ1v) is 4.76. The minimum absolute atomic E-state index is 0.256. The molecule has 0 spiro atoms. The van der Waals surface area contributed by atoms with Crippen molar-refractivity contribution in [3.8, 4) is 0 Å². The minimum atomic E-state index is -1.04. The summed E-state index contributed by atoms with van der Waals surface area (Å²) in [7, 11) is 0. The van der Waals surface area contributed by atoms with Gasteiger partial charge in [-0.15, -0.1) is 0 Å². The number of carboxylic acid groups (broad SMARTS) is 1. The van der Waals surface area contributed by atoms with Gasteiger partial charge in [0.15, 0.2) is 0 Å². The lowest BCUT2D eigenvalue weighted by atomic mass is 10.0. The van der Waals surface area contributed by atoms with Gasteiger partial charge in [-0.2, -0.15) is 0 Å². The summed E-state index contributed by atoms with van der Waals surface area (Å²) in [5.41, 5.74) is 5.40. The summed E-state index contributed by atoms with van der Waals surface area (Å²) in [5.74, 6) is -1.59. The van der Waals surface area contributed by atoms with Crippen LogP contribution < -0.4 is 11.1 Å². The number of nitrogens with two attached hydrogens (primary N) is 1. The van der Waals surface area contributed by atoms with Crippen LogP contribution in [0, 0.1) is 5.92 Å². The maximum absolute atomic E-state index is 11.4. The minimum Gasteiger partial charge on any atom is -0.480 e. The van der Waals surface area contributed by atoms with E-state index < -0.39 is 12.0 Å². The molecule has 1 unspecified atom stereocenters. The topological polar surface area (TPSA) is 92.4 Å². The van der Waals surface area contributed by atoms with Crippen molar-refractivity contribution in [2.45, 2.75) is 32.7 Å². The highest BCUT2D eigenvalue weighted by Gasteiger charge is 2.20. The molecule has 0 aromatic carbocycles. The highest BCUT2D eigenvalue weighted by Crippen LogP contribution is 2.04. The Balaban J connectivity index is 4.09. The van der Waals surface area contributed by atoms with Crippen LogP contribution in [0.2, 0.25) is 0 Å². The zero-order valence-corrected chi connectivity index (χ0v) is 8.62. The van der Waals surface area contributed by atoms with Gasteiger partial charge in [0.2, 0.25) is 5.91 Å². The third-order valence-corrected chi connectivity index (χ3v) is 2.02. The van der Waals surface area contributed by atoms with E-state index in [1.54, 1.807) is 0 Å². The average Bonchev–Trinajstić information content (AvgIpc) is 2.13. The molecule has 5 nitrogen and oxygen atoms in total. The van der Waals surface area contributed by atoms with E-state index in [0.717, 1.165) is 6.42 Å². The van der Waals surface area contributed by atoms with Crippen LogP contribution in [-0.4, -0.2) is 29.6 Å². The lowest BCUT2D eigenvalue weighted by Gasteiger charge is -2.15. The predicted octanol–water partition coefficient (Wildman–Crippen LogP) is -0.0493. The fourth-order valence-corrected chi connectivity index (χ4v) is 1.10. The first kappa shape index (κ1) is 12.9. The normalized spacial score (nSPS) is 14.5. The van der Waals surface area contributed by atoms with E-state index in [4.69, 9.17) is 10.8 Å². The van der Waals surface area contributed by atoms with Gasteiger partial charge in [0.1, 0.15) is 6.04 Å². The number of carboxylic acids is 1. The van der Waals surface area contributed by atoms with E-state index in [1.807, 2.05) is 6.92 Å². The Morgan fingerprint density at radius 3 is 2.43 bits per heavy atom. The van der Waals surface area contributed by atoms with Crippen molar-refractivity contribution < 1.29 is 14.7 Å². The number of aliphatic carboxylic acids is 1. The first-order valence-electron chi connectivity index (χ1n) is 4.76. The standard InChI is InChI=1S/C9H18N2O3/c1-3-4-7(5-10)8(12)11-6(2)9(13)14/h6-7H,3-5,10H2,1-2H3,(H,11,12)(H,13,14)/t6-,7?/m1/s1. The van der Waals surface area contributed by atoms with Crippen molar-refractivity contribution in [3.05, 3.63) is 0 Å². The van der Waals surface area contributed by atoms with Gasteiger partial charge < -0.3 is 16.2 Å². The van der Waals surface area contributed by atoms with Crippen LogP contribution in [0.15, 0.2) is 0 Å². The molecule has 0 radical (unpaired) electrons. The fourth-order valence-electron chi connectivity index (χ4n) is 1.10. The van der Waals surface area contributed by atoms with Gasteiger partial charge in [0.05, 0.1) is 5.92 Å². The molecule has 2 atom stereocenters. The third-order valence-electron chi connectivity index (χ3n) is 2.02. The van der Waals surface area contributed by atoms with Crippen molar-refractivity contribution in [3.63, 3.8) is 0 Å². The van der Waals surface area contributed by atoms with Crippen molar-refractivity contribution in [2.75, 3.05) is 6.54 Å². The van der Waals surface area contributed by atoms with Gasteiger partial charge in [-0.25, -0.2) is 0 Å².